The lowest BCUT2D eigenvalue weighted by molar-refractivity contribution is -0.157. The smallest absolute Gasteiger partial charge is 0.408 e. The molecule has 0 radical (unpaired) electrons. The number of alkyl carbamates (subject to hydrolysis) is 1. The Morgan fingerprint density at radius 2 is 1.82 bits per heavy atom. The van der Waals surface area contributed by atoms with Crippen molar-refractivity contribution >= 4 is 17.8 Å². The number of ether oxygens (including phenoxy) is 2. The molecular weight excluding hydrogens is 226 g/mol. The number of carbonyl (C=O) groups is 3. The van der Waals surface area contributed by atoms with Gasteiger partial charge in [-0.1, -0.05) is 0 Å². The first-order valence-corrected chi connectivity index (χ1v) is 5.30. The van der Waals surface area contributed by atoms with Crippen molar-refractivity contribution in [2.75, 3.05) is 7.11 Å². The van der Waals surface area contributed by atoms with E-state index in [1.807, 2.05) is 0 Å². The second-order valence-electron chi connectivity index (χ2n) is 5.09. The molecule has 6 heteroatoms. The summed E-state index contributed by atoms with van der Waals surface area (Å²) >= 11 is 0. The molecule has 1 rings (SSSR count). The van der Waals surface area contributed by atoms with Crippen LogP contribution in [-0.2, 0) is 19.1 Å². The lowest BCUT2D eigenvalue weighted by Crippen LogP contribution is -2.63. The zero-order valence-corrected chi connectivity index (χ0v) is 10.5. The van der Waals surface area contributed by atoms with Gasteiger partial charge in [0.15, 0.2) is 5.54 Å². The minimum Gasteiger partial charge on any atom is -0.467 e. The molecule has 0 aromatic carbocycles. The number of esters is 1. The molecule has 0 atom stereocenters. The zero-order valence-electron chi connectivity index (χ0n) is 10.5. The Morgan fingerprint density at radius 3 is 2.18 bits per heavy atom. The van der Waals surface area contributed by atoms with Crippen LogP contribution >= 0.6 is 0 Å². The Morgan fingerprint density at radius 1 is 1.29 bits per heavy atom. The van der Waals surface area contributed by atoms with Crippen molar-refractivity contribution in [2.45, 2.75) is 44.8 Å². The van der Waals surface area contributed by atoms with Gasteiger partial charge in [0, 0.05) is 12.8 Å². The van der Waals surface area contributed by atoms with E-state index in [4.69, 9.17) is 4.74 Å². The molecule has 1 N–H and O–H groups in total. The van der Waals surface area contributed by atoms with Crippen LogP contribution in [0.2, 0.25) is 0 Å². The predicted octanol–water partition coefficient (Wildman–Crippen LogP) is 0.786. The van der Waals surface area contributed by atoms with E-state index in [-0.39, 0.29) is 18.6 Å². The number of hydrogen-bond donors (Lipinski definition) is 1. The molecule has 0 unspecified atom stereocenters. The Balaban J connectivity index is 2.66. The van der Waals surface area contributed by atoms with Crippen molar-refractivity contribution in [1.29, 1.82) is 0 Å². The van der Waals surface area contributed by atoms with Gasteiger partial charge in [-0.25, -0.2) is 9.59 Å². The minimum absolute atomic E-state index is 0.0427. The van der Waals surface area contributed by atoms with Crippen LogP contribution in [0.15, 0.2) is 0 Å². The average molecular weight is 243 g/mol. The van der Waals surface area contributed by atoms with Crippen molar-refractivity contribution in [3.05, 3.63) is 0 Å². The maximum Gasteiger partial charge on any atom is 0.408 e. The van der Waals surface area contributed by atoms with Gasteiger partial charge in [-0.2, -0.15) is 0 Å². The molecule has 1 amide bonds. The number of ketones is 1. The fraction of sp³-hybridized carbons (Fsp3) is 0.727. The lowest BCUT2D eigenvalue weighted by Gasteiger charge is -2.38. The van der Waals surface area contributed by atoms with Crippen molar-refractivity contribution in [2.24, 2.45) is 0 Å². The van der Waals surface area contributed by atoms with Crippen molar-refractivity contribution < 1.29 is 23.9 Å². The highest BCUT2D eigenvalue weighted by Gasteiger charge is 2.52. The van der Waals surface area contributed by atoms with Gasteiger partial charge >= 0.3 is 12.1 Å². The van der Waals surface area contributed by atoms with Crippen LogP contribution in [0, 0.1) is 0 Å². The first kappa shape index (κ1) is 13.5. The summed E-state index contributed by atoms with van der Waals surface area (Å²) in [6.07, 6.45) is -0.812. The first-order valence-electron chi connectivity index (χ1n) is 5.30. The molecule has 96 valence electrons. The summed E-state index contributed by atoms with van der Waals surface area (Å²) < 4.78 is 9.61. The van der Waals surface area contributed by atoms with Gasteiger partial charge in [-0.3, -0.25) is 4.79 Å². The van der Waals surface area contributed by atoms with Gasteiger partial charge in [0.25, 0.3) is 0 Å². The number of nitrogens with one attached hydrogen (secondary N) is 1. The van der Waals surface area contributed by atoms with Crippen LogP contribution in [0.3, 0.4) is 0 Å². The van der Waals surface area contributed by atoms with E-state index in [9.17, 15) is 14.4 Å². The molecule has 0 aromatic heterocycles. The van der Waals surface area contributed by atoms with E-state index in [1.165, 1.54) is 7.11 Å². The Hall–Kier alpha value is -1.59. The second-order valence-corrected chi connectivity index (χ2v) is 5.09. The molecular formula is C11H17NO5. The molecule has 0 spiro atoms. The summed E-state index contributed by atoms with van der Waals surface area (Å²) in [7, 11) is 1.21. The SMILES string of the molecule is COC(=O)C1(NC(=O)OC(C)(C)C)CC(=O)C1. The van der Waals surface area contributed by atoms with E-state index in [0.29, 0.717) is 0 Å². The summed E-state index contributed by atoms with van der Waals surface area (Å²) in [6.45, 7) is 5.13. The molecule has 0 saturated heterocycles. The normalized spacial score (nSPS) is 18.0. The average Bonchev–Trinajstić information content (AvgIpc) is 2.10. The maximum absolute atomic E-state index is 11.5. The fourth-order valence-corrected chi connectivity index (χ4v) is 1.60. The molecule has 1 aliphatic rings. The van der Waals surface area contributed by atoms with Gasteiger partial charge in [0.05, 0.1) is 7.11 Å². The number of carbonyl (C=O) groups excluding carboxylic acids is 3. The third-order valence-electron chi connectivity index (χ3n) is 2.31. The Labute approximate surface area is 99.6 Å². The van der Waals surface area contributed by atoms with Crippen molar-refractivity contribution in [1.82, 2.24) is 5.32 Å². The largest absolute Gasteiger partial charge is 0.467 e. The zero-order chi connectivity index (χ0) is 13.3. The summed E-state index contributed by atoms with van der Waals surface area (Å²) in [6, 6.07) is 0. The predicted molar refractivity (Wildman–Crippen MR) is 58.4 cm³/mol. The standard InChI is InChI=1S/C11H17NO5/c1-10(2,3)17-9(15)12-11(8(14)16-4)5-7(13)6-11/h5-6H2,1-4H3,(H,12,15). The van der Waals surface area contributed by atoms with E-state index < -0.39 is 23.2 Å². The second kappa shape index (κ2) is 4.35. The number of amides is 1. The molecule has 17 heavy (non-hydrogen) atoms. The maximum atomic E-state index is 11.5. The summed E-state index contributed by atoms with van der Waals surface area (Å²) in [5.74, 6) is -0.714. The van der Waals surface area contributed by atoms with Crippen LogP contribution in [0.4, 0.5) is 4.79 Å². The molecule has 0 heterocycles. The van der Waals surface area contributed by atoms with Crippen LogP contribution in [0.5, 0.6) is 0 Å². The highest BCUT2D eigenvalue weighted by Crippen LogP contribution is 2.30. The quantitative estimate of drug-likeness (QED) is 0.725. The van der Waals surface area contributed by atoms with Crippen LogP contribution in [0.1, 0.15) is 33.6 Å². The van der Waals surface area contributed by atoms with Crippen LogP contribution in [0.25, 0.3) is 0 Å². The highest BCUT2D eigenvalue weighted by atomic mass is 16.6. The van der Waals surface area contributed by atoms with Gasteiger partial charge in [-0.05, 0) is 20.8 Å². The molecule has 1 saturated carbocycles. The van der Waals surface area contributed by atoms with Gasteiger partial charge < -0.3 is 14.8 Å². The first-order chi connectivity index (χ1) is 7.68. The Bertz CT molecular complexity index is 347. The van der Waals surface area contributed by atoms with Gasteiger partial charge in [-0.15, -0.1) is 0 Å². The Kier molecular flexibility index (Phi) is 3.45. The number of methoxy groups -OCH3 is 1. The third kappa shape index (κ3) is 3.18. The van der Waals surface area contributed by atoms with Crippen molar-refractivity contribution in [3.63, 3.8) is 0 Å². The highest BCUT2D eigenvalue weighted by molar-refractivity contribution is 6.02. The molecule has 1 aliphatic carbocycles. The number of Topliss-reactive ketones (excluding diaryl/α,β-unsaturated/α-hetero) is 1. The molecule has 0 aromatic rings. The van der Waals surface area contributed by atoms with Gasteiger partial charge in [0.1, 0.15) is 11.4 Å². The fourth-order valence-electron chi connectivity index (χ4n) is 1.60. The molecule has 0 aliphatic heterocycles. The molecule has 6 nitrogen and oxygen atoms in total. The summed E-state index contributed by atoms with van der Waals surface area (Å²) in [5, 5.41) is 2.41. The third-order valence-corrected chi connectivity index (χ3v) is 2.31. The van der Waals surface area contributed by atoms with Crippen LogP contribution < -0.4 is 5.32 Å². The number of rotatable bonds is 2. The van der Waals surface area contributed by atoms with E-state index in [2.05, 4.69) is 10.1 Å². The van der Waals surface area contributed by atoms with Crippen LogP contribution in [-0.4, -0.2) is 36.1 Å². The molecule has 0 bridgehead atoms. The molecule has 1 fully saturated rings. The number of hydrogen-bond acceptors (Lipinski definition) is 5. The topological polar surface area (TPSA) is 81.7 Å². The lowest BCUT2D eigenvalue weighted by atomic mass is 9.75. The van der Waals surface area contributed by atoms with E-state index >= 15 is 0 Å². The van der Waals surface area contributed by atoms with E-state index in [0.717, 1.165) is 0 Å². The van der Waals surface area contributed by atoms with Crippen molar-refractivity contribution in [3.8, 4) is 0 Å². The van der Waals surface area contributed by atoms with E-state index in [1.54, 1.807) is 20.8 Å². The summed E-state index contributed by atoms with van der Waals surface area (Å²) in [4.78, 5) is 34.1. The minimum atomic E-state index is -1.24. The van der Waals surface area contributed by atoms with Gasteiger partial charge in [0.2, 0.25) is 0 Å². The monoisotopic (exact) mass is 243 g/mol. The summed E-state index contributed by atoms with van der Waals surface area (Å²) in [5.41, 5.74) is -1.90.